The van der Waals surface area contributed by atoms with Gasteiger partial charge in [0.15, 0.2) is 0 Å². The molecule has 102 valence electrons. The van der Waals surface area contributed by atoms with Crippen LogP contribution in [0.4, 0.5) is 0 Å². The maximum Gasteiger partial charge on any atom is 0.0356 e. The molecule has 2 heteroatoms. The first-order valence-electron chi connectivity index (χ1n) is 7.33. The zero-order valence-corrected chi connectivity index (χ0v) is 12.5. The second-order valence-electron chi connectivity index (χ2n) is 6.70. The standard InChI is InChI=1S/C15H32N2/c1-12(2)8-9-17(5)15(11-16)10-13(3)6-7-14(15)4/h12-14H,6-11,16H2,1-5H3. The smallest absolute Gasteiger partial charge is 0.0356 e. The van der Waals surface area contributed by atoms with Crippen molar-refractivity contribution in [2.24, 2.45) is 23.5 Å². The van der Waals surface area contributed by atoms with E-state index in [1.807, 2.05) is 0 Å². The van der Waals surface area contributed by atoms with Gasteiger partial charge in [0.2, 0.25) is 0 Å². The van der Waals surface area contributed by atoms with E-state index in [4.69, 9.17) is 5.73 Å². The van der Waals surface area contributed by atoms with Crippen molar-refractivity contribution in [2.75, 3.05) is 20.1 Å². The molecule has 3 atom stereocenters. The van der Waals surface area contributed by atoms with Crippen molar-refractivity contribution >= 4 is 0 Å². The van der Waals surface area contributed by atoms with E-state index >= 15 is 0 Å². The van der Waals surface area contributed by atoms with Crippen molar-refractivity contribution in [1.82, 2.24) is 4.90 Å². The van der Waals surface area contributed by atoms with Gasteiger partial charge in [-0.15, -0.1) is 0 Å². The van der Waals surface area contributed by atoms with Gasteiger partial charge in [-0.25, -0.2) is 0 Å². The molecule has 1 aliphatic carbocycles. The minimum Gasteiger partial charge on any atom is -0.329 e. The minimum atomic E-state index is 0.257. The zero-order valence-electron chi connectivity index (χ0n) is 12.5. The fourth-order valence-corrected chi connectivity index (χ4v) is 3.36. The first-order valence-corrected chi connectivity index (χ1v) is 7.33. The van der Waals surface area contributed by atoms with Gasteiger partial charge in [0.05, 0.1) is 0 Å². The van der Waals surface area contributed by atoms with Crippen molar-refractivity contribution in [1.29, 1.82) is 0 Å². The fourth-order valence-electron chi connectivity index (χ4n) is 3.36. The highest BCUT2D eigenvalue weighted by atomic mass is 15.2. The largest absolute Gasteiger partial charge is 0.329 e. The summed E-state index contributed by atoms with van der Waals surface area (Å²) in [7, 11) is 2.28. The van der Waals surface area contributed by atoms with E-state index in [1.165, 1.54) is 32.2 Å². The van der Waals surface area contributed by atoms with Crippen molar-refractivity contribution in [2.45, 2.75) is 58.9 Å². The van der Waals surface area contributed by atoms with E-state index in [-0.39, 0.29) is 5.54 Å². The van der Waals surface area contributed by atoms with Crippen LogP contribution in [0.5, 0.6) is 0 Å². The number of likely N-dealkylation sites (N-methyl/N-ethyl adjacent to an activating group) is 1. The van der Waals surface area contributed by atoms with Crippen LogP contribution < -0.4 is 5.73 Å². The Labute approximate surface area is 108 Å². The number of rotatable bonds is 5. The molecule has 3 unspecified atom stereocenters. The van der Waals surface area contributed by atoms with Gasteiger partial charge in [0.1, 0.15) is 0 Å². The average Bonchev–Trinajstić information content (AvgIpc) is 2.29. The molecule has 1 fully saturated rings. The molecule has 2 N–H and O–H groups in total. The normalized spacial score (nSPS) is 34.6. The van der Waals surface area contributed by atoms with Gasteiger partial charge in [-0.1, -0.05) is 34.1 Å². The Balaban J connectivity index is 2.70. The molecule has 0 amide bonds. The second kappa shape index (κ2) is 6.19. The number of nitrogens with two attached hydrogens (primary N) is 1. The van der Waals surface area contributed by atoms with Gasteiger partial charge in [0.25, 0.3) is 0 Å². The van der Waals surface area contributed by atoms with Crippen LogP contribution >= 0.6 is 0 Å². The molecule has 17 heavy (non-hydrogen) atoms. The van der Waals surface area contributed by atoms with Crippen LogP contribution in [0.1, 0.15) is 53.4 Å². The highest BCUT2D eigenvalue weighted by molar-refractivity contribution is 4.98. The van der Waals surface area contributed by atoms with E-state index in [0.717, 1.165) is 24.3 Å². The molecule has 1 aliphatic rings. The third kappa shape index (κ3) is 3.45. The summed E-state index contributed by atoms with van der Waals surface area (Å²) in [6.45, 7) is 11.4. The van der Waals surface area contributed by atoms with Crippen LogP contribution in [0.15, 0.2) is 0 Å². The van der Waals surface area contributed by atoms with E-state index in [1.54, 1.807) is 0 Å². The first-order chi connectivity index (χ1) is 7.92. The Bertz CT molecular complexity index is 227. The zero-order chi connectivity index (χ0) is 13.1. The molecule has 0 aromatic rings. The fraction of sp³-hybridized carbons (Fsp3) is 1.00. The molecular weight excluding hydrogens is 208 g/mol. The van der Waals surface area contributed by atoms with Crippen LogP contribution in [0.3, 0.4) is 0 Å². The molecule has 0 radical (unpaired) electrons. The number of hydrogen-bond acceptors (Lipinski definition) is 2. The summed E-state index contributed by atoms with van der Waals surface area (Å²) in [4.78, 5) is 2.56. The maximum absolute atomic E-state index is 6.16. The Morgan fingerprint density at radius 3 is 2.47 bits per heavy atom. The molecular formula is C15H32N2. The first kappa shape index (κ1) is 15.0. The molecule has 0 aliphatic heterocycles. The van der Waals surface area contributed by atoms with Gasteiger partial charge in [-0.05, 0) is 50.6 Å². The summed E-state index contributed by atoms with van der Waals surface area (Å²) in [5.41, 5.74) is 6.41. The average molecular weight is 240 g/mol. The lowest BCUT2D eigenvalue weighted by molar-refractivity contribution is 0.0120. The molecule has 0 saturated heterocycles. The molecule has 1 rings (SSSR count). The molecule has 0 heterocycles. The number of nitrogens with zero attached hydrogens (tertiary/aromatic N) is 1. The van der Waals surface area contributed by atoms with Crippen LogP contribution in [0.25, 0.3) is 0 Å². The Morgan fingerprint density at radius 2 is 1.94 bits per heavy atom. The van der Waals surface area contributed by atoms with Gasteiger partial charge in [0, 0.05) is 12.1 Å². The van der Waals surface area contributed by atoms with Crippen LogP contribution in [-0.2, 0) is 0 Å². The lowest BCUT2D eigenvalue weighted by Crippen LogP contribution is -2.59. The lowest BCUT2D eigenvalue weighted by Gasteiger charge is -2.50. The topological polar surface area (TPSA) is 29.3 Å². The Morgan fingerprint density at radius 1 is 1.29 bits per heavy atom. The molecule has 0 aromatic carbocycles. The highest BCUT2D eigenvalue weighted by Gasteiger charge is 2.42. The minimum absolute atomic E-state index is 0.257. The lowest BCUT2D eigenvalue weighted by atomic mass is 9.68. The van der Waals surface area contributed by atoms with Crippen LogP contribution in [-0.4, -0.2) is 30.6 Å². The predicted molar refractivity (Wildman–Crippen MR) is 76.0 cm³/mol. The van der Waals surface area contributed by atoms with Crippen molar-refractivity contribution < 1.29 is 0 Å². The van der Waals surface area contributed by atoms with Gasteiger partial charge in [-0.3, -0.25) is 4.90 Å². The summed E-state index contributed by atoms with van der Waals surface area (Å²) in [5.74, 6) is 2.35. The van der Waals surface area contributed by atoms with E-state index in [9.17, 15) is 0 Å². The Hall–Kier alpha value is -0.0800. The van der Waals surface area contributed by atoms with Gasteiger partial charge < -0.3 is 5.73 Å². The molecule has 2 nitrogen and oxygen atoms in total. The molecule has 0 spiro atoms. The van der Waals surface area contributed by atoms with E-state index < -0.39 is 0 Å². The summed E-state index contributed by atoms with van der Waals surface area (Å²) >= 11 is 0. The van der Waals surface area contributed by atoms with E-state index in [2.05, 4.69) is 39.6 Å². The predicted octanol–water partition coefficient (Wildman–Crippen LogP) is 3.12. The molecule has 0 aromatic heterocycles. The quantitative estimate of drug-likeness (QED) is 0.800. The van der Waals surface area contributed by atoms with Crippen LogP contribution in [0, 0.1) is 17.8 Å². The summed E-state index contributed by atoms with van der Waals surface area (Å²) in [5, 5.41) is 0. The van der Waals surface area contributed by atoms with Gasteiger partial charge in [-0.2, -0.15) is 0 Å². The van der Waals surface area contributed by atoms with Crippen molar-refractivity contribution in [3.8, 4) is 0 Å². The number of hydrogen-bond donors (Lipinski definition) is 1. The van der Waals surface area contributed by atoms with Crippen LogP contribution in [0.2, 0.25) is 0 Å². The molecule has 0 bridgehead atoms. The summed E-state index contributed by atoms with van der Waals surface area (Å²) < 4.78 is 0. The van der Waals surface area contributed by atoms with Crippen molar-refractivity contribution in [3.63, 3.8) is 0 Å². The highest BCUT2D eigenvalue weighted by Crippen LogP contribution is 2.40. The monoisotopic (exact) mass is 240 g/mol. The van der Waals surface area contributed by atoms with Gasteiger partial charge >= 0.3 is 0 Å². The third-order valence-electron chi connectivity index (χ3n) is 4.87. The second-order valence-corrected chi connectivity index (χ2v) is 6.70. The third-order valence-corrected chi connectivity index (χ3v) is 4.87. The molecule has 1 saturated carbocycles. The van der Waals surface area contributed by atoms with E-state index in [0.29, 0.717) is 0 Å². The Kier molecular flexibility index (Phi) is 5.46. The maximum atomic E-state index is 6.16. The van der Waals surface area contributed by atoms with Crippen molar-refractivity contribution in [3.05, 3.63) is 0 Å². The SMILES string of the molecule is CC(C)CCN(C)C1(CN)CC(C)CCC1C. The summed E-state index contributed by atoms with van der Waals surface area (Å²) in [6, 6.07) is 0. The summed E-state index contributed by atoms with van der Waals surface area (Å²) in [6.07, 6.45) is 5.27.